The Balaban J connectivity index is 2.27. The summed E-state index contributed by atoms with van der Waals surface area (Å²) in [5.74, 6) is -1.37. The molecule has 2 N–H and O–H groups in total. The Morgan fingerprint density at radius 2 is 1.67 bits per heavy atom. The van der Waals surface area contributed by atoms with E-state index in [2.05, 4.69) is 5.32 Å². The first kappa shape index (κ1) is 18.3. The maximum atomic E-state index is 13.4. The van der Waals surface area contributed by atoms with E-state index in [0.29, 0.717) is 10.6 Å². The Labute approximate surface area is 142 Å². The van der Waals surface area contributed by atoms with Gasteiger partial charge in [-0.1, -0.05) is 60.1 Å². The molecule has 0 saturated heterocycles. The summed E-state index contributed by atoms with van der Waals surface area (Å²) in [6.45, 7) is 0. The number of rotatable bonds is 6. The van der Waals surface area contributed by atoms with Gasteiger partial charge >= 0.3 is 12.1 Å². The van der Waals surface area contributed by atoms with E-state index in [9.17, 15) is 23.1 Å². The second kappa shape index (κ2) is 7.68. The number of nitrogens with one attached hydrogen (secondary N) is 1. The third-order valence-electron chi connectivity index (χ3n) is 3.51. The van der Waals surface area contributed by atoms with Crippen molar-refractivity contribution in [3.8, 4) is 0 Å². The first-order chi connectivity index (χ1) is 11.3. The lowest BCUT2D eigenvalue weighted by Gasteiger charge is -2.26. The van der Waals surface area contributed by atoms with Crippen LogP contribution < -0.4 is 5.32 Å². The van der Waals surface area contributed by atoms with Gasteiger partial charge in [0.05, 0.1) is 0 Å². The molecule has 128 valence electrons. The average Bonchev–Trinajstić information content (AvgIpc) is 2.52. The van der Waals surface area contributed by atoms with Crippen LogP contribution in [-0.2, 0) is 11.2 Å². The van der Waals surface area contributed by atoms with Crippen LogP contribution >= 0.6 is 11.6 Å². The average molecular weight is 358 g/mol. The molecule has 0 fully saturated rings. The lowest BCUT2D eigenvalue weighted by Crippen LogP contribution is -2.45. The number of alkyl halides is 3. The van der Waals surface area contributed by atoms with Crippen molar-refractivity contribution < 1.29 is 23.1 Å². The topological polar surface area (TPSA) is 49.3 Å². The minimum Gasteiger partial charge on any atom is -0.480 e. The molecule has 7 heteroatoms. The minimum atomic E-state index is -4.63. The Bertz CT molecular complexity index is 692. The van der Waals surface area contributed by atoms with Crippen molar-refractivity contribution in [2.45, 2.75) is 24.7 Å². The summed E-state index contributed by atoms with van der Waals surface area (Å²) in [7, 11) is 0. The zero-order valence-electron chi connectivity index (χ0n) is 12.4. The molecule has 0 aliphatic rings. The van der Waals surface area contributed by atoms with E-state index < -0.39 is 24.2 Å². The molecular weight excluding hydrogens is 343 g/mol. The molecule has 24 heavy (non-hydrogen) atoms. The zero-order chi connectivity index (χ0) is 17.7. The summed E-state index contributed by atoms with van der Waals surface area (Å²) in [5.41, 5.74) is 0.420. The van der Waals surface area contributed by atoms with Gasteiger partial charge in [0, 0.05) is 5.02 Å². The van der Waals surface area contributed by atoms with Crippen LogP contribution in [0.2, 0.25) is 5.02 Å². The largest absolute Gasteiger partial charge is 0.480 e. The summed E-state index contributed by atoms with van der Waals surface area (Å²) < 4.78 is 40.1. The van der Waals surface area contributed by atoms with Gasteiger partial charge in [0.2, 0.25) is 0 Å². The van der Waals surface area contributed by atoms with Gasteiger partial charge in [0.1, 0.15) is 12.1 Å². The molecule has 2 rings (SSSR count). The van der Waals surface area contributed by atoms with E-state index in [0.717, 1.165) is 0 Å². The first-order valence-electron chi connectivity index (χ1n) is 7.13. The van der Waals surface area contributed by atoms with Gasteiger partial charge in [-0.2, -0.15) is 13.2 Å². The number of aliphatic carboxylic acids is 1. The summed E-state index contributed by atoms with van der Waals surface area (Å²) in [6.07, 6.45) is -4.79. The van der Waals surface area contributed by atoms with E-state index >= 15 is 0 Å². The Hall–Kier alpha value is -2.05. The number of carboxylic acid groups (broad SMARTS) is 1. The molecule has 0 heterocycles. The Morgan fingerprint density at radius 3 is 2.21 bits per heavy atom. The van der Waals surface area contributed by atoms with Gasteiger partial charge in [-0.05, 0) is 23.6 Å². The van der Waals surface area contributed by atoms with Crippen molar-refractivity contribution in [2.24, 2.45) is 0 Å². The van der Waals surface area contributed by atoms with Crippen LogP contribution in [0.4, 0.5) is 13.2 Å². The van der Waals surface area contributed by atoms with Gasteiger partial charge in [-0.25, -0.2) is 0 Å². The van der Waals surface area contributed by atoms with Crippen LogP contribution in [0.5, 0.6) is 0 Å². The van der Waals surface area contributed by atoms with E-state index in [-0.39, 0.29) is 12.0 Å². The van der Waals surface area contributed by atoms with Crippen molar-refractivity contribution in [2.75, 3.05) is 0 Å². The summed E-state index contributed by atoms with van der Waals surface area (Å²) in [6, 6.07) is 10.1. The van der Waals surface area contributed by atoms with Gasteiger partial charge in [0.15, 0.2) is 0 Å². The number of carbonyl (C=O) groups is 1. The van der Waals surface area contributed by atoms with Crippen LogP contribution in [0.1, 0.15) is 17.2 Å². The Kier molecular flexibility index (Phi) is 5.85. The van der Waals surface area contributed by atoms with E-state index in [1.54, 1.807) is 30.3 Å². The highest BCUT2D eigenvalue weighted by Crippen LogP contribution is 2.33. The third-order valence-corrected chi connectivity index (χ3v) is 3.88. The lowest BCUT2D eigenvalue weighted by atomic mass is 10.0. The maximum Gasteiger partial charge on any atom is 0.407 e. The molecule has 0 radical (unpaired) electrons. The van der Waals surface area contributed by atoms with E-state index in [1.165, 1.54) is 24.3 Å². The highest BCUT2D eigenvalue weighted by molar-refractivity contribution is 6.31. The molecule has 2 aromatic carbocycles. The molecule has 0 bridgehead atoms. The number of benzene rings is 2. The summed E-state index contributed by atoms with van der Waals surface area (Å²) >= 11 is 5.97. The fourth-order valence-electron chi connectivity index (χ4n) is 2.33. The van der Waals surface area contributed by atoms with Crippen molar-refractivity contribution in [3.63, 3.8) is 0 Å². The van der Waals surface area contributed by atoms with E-state index in [4.69, 9.17) is 11.6 Å². The maximum absolute atomic E-state index is 13.4. The van der Waals surface area contributed by atoms with Crippen LogP contribution in [0.15, 0.2) is 54.6 Å². The smallest absolute Gasteiger partial charge is 0.407 e. The molecule has 1 unspecified atom stereocenters. The van der Waals surface area contributed by atoms with Crippen molar-refractivity contribution in [3.05, 3.63) is 70.7 Å². The molecule has 0 aliphatic carbocycles. The fourth-order valence-corrected chi connectivity index (χ4v) is 2.54. The molecule has 3 nitrogen and oxygen atoms in total. The van der Waals surface area contributed by atoms with Gasteiger partial charge in [-0.15, -0.1) is 0 Å². The fraction of sp³-hybridized carbons (Fsp3) is 0.235. The third kappa shape index (κ3) is 4.72. The number of hydrogen-bond donors (Lipinski definition) is 2. The number of carboxylic acids is 1. The SMILES string of the molecule is O=C(O)[C@H](Cc1ccccc1Cl)NC(c1ccccc1)C(F)(F)F. The summed E-state index contributed by atoms with van der Waals surface area (Å²) in [4.78, 5) is 11.4. The van der Waals surface area contributed by atoms with Crippen molar-refractivity contribution >= 4 is 17.6 Å². The second-order valence-corrected chi connectivity index (χ2v) is 5.65. The van der Waals surface area contributed by atoms with Crippen LogP contribution in [0.3, 0.4) is 0 Å². The van der Waals surface area contributed by atoms with Gasteiger partial charge < -0.3 is 5.11 Å². The molecule has 0 aliphatic heterocycles. The molecule has 0 amide bonds. The normalized spacial score (nSPS) is 14.2. The predicted octanol–water partition coefficient (Wildman–Crippen LogP) is 4.23. The summed E-state index contributed by atoms with van der Waals surface area (Å²) in [5, 5.41) is 11.8. The number of hydrogen-bond acceptors (Lipinski definition) is 2. The van der Waals surface area contributed by atoms with Crippen LogP contribution in [0, 0.1) is 0 Å². The van der Waals surface area contributed by atoms with Crippen molar-refractivity contribution in [1.82, 2.24) is 5.32 Å². The molecule has 2 atom stereocenters. The van der Waals surface area contributed by atoms with Crippen LogP contribution in [0.25, 0.3) is 0 Å². The molecule has 0 spiro atoms. The molecule has 2 aromatic rings. The van der Waals surface area contributed by atoms with Gasteiger partial charge in [-0.3, -0.25) is 10.1 Å². The Morgan fingerprint density at radius 1 is 1.08 bits per heavy atom. The standard InChI is InChI=1S/C17H15ClF3NO2/c18-13-9-5-4-8-12(13)10-14(16(23)24)22-15(17(19,20)21)11-6-2-1-3-7-11/h1-9,14-15,22H,10H2,(H,23,24)/t14-,15?/m0/s1. The lowest BCUT2D eigenvalue weighted by molar-refractivity contribution is -0.163. The zero-order valence-corrected chi connectivity index (χ0v) is 13.2. The van der Waals surface area contributed by atoms with E-state index in [1.807, 2.05) is 0 Å². The second-order valence-electron chi connectivity index (χ2n) is 5.24. The van der Waals surface area contributed by atoms with Crippen LogP contribution in [-0.4, -0.2) is 23.3 Å². The number of halogens is 4. The molecular formula is C17H15ClF3NO2. The quantitative estimate of drug-likeness (QED) is 0.813. The highest BCUT2D eigenvalue weighted by Gasteiger charge is 2.42. The monoisotopic (exact) mass is 357 g/mol. The minimum absolute atomic E-state index is 0.0459. The molecule has 0 aromatic heterocycles. The highest BCUT2D eigenvalue weighted by atomic mass is 35.5. The van der Waals surface area contributed by atoms with Gasteiger partial charge in [0.25, 0.3) is 0 Å². The first-order valence-corrected chi connectivity index (χ1v) is 7.50. The van der Waals surface area contributed by atoms with Crippen molar-refractivity contribution in [1.29, 1.82) is 0 Å². The predicted molar refractivity (Wildman–Crippen MR) is 85.0 cm³/mol. The molecule has 0 saturated carbocycles.